The summed E-state index contributed by atoms with van der Waals surface area (Å²) in [6.07, 6.45) is 2.32. The minimum atomic E-state index is -0.0856. The van der Waals surface area contributed by atoms with Crippen molar-refractivity contribution in [3.63, 3.8) is 0 Å². The van der Waals surface area contributed by atoms with Crippen molar-refractivity contribution in [2.75, 3.05) is 25.3 Å². The summed E-state index contributed by atoms with van der Waals surface area (Å²) >= 11 is 1.24. The van der Waals surface area contributed by atoms with Crippen molar-refractivity contribution in [1.29, 1.82) is 0 Å². The predicted molar refractivity (Wildman–Crippen MR) is 103 cm³/mol. The standard InChI is InChI=1S/C18H21N5O3S/c1-12-15(8-10-26-12)17-21-22-18(23(17)19)27-11-16(24)20-9-7-13-3-5-14(25-2)6-4-13/h3-6,8,10H,7,9,11,19H2,1-2H3,(H,20,24). The number of ether oxygens (including phenoxy) is 1. The number of nitrogens with one attached hydrogen (secondary N) is 1. The normalized spacial score (nSPS) is 10.7. The molecule has 27 heavy (non-hydrogen) atoms. The molecule has 0 saturated heterocycles. The monoisotopic (exact) mass is 387 g/mol. The van der Waals surface area contributed by atoms with Crippen LogP contribution in [0.1, 0.15) is 11.3 Å². The van der Waals surface area contributed by atoms with Crippen molar-refractivity contribution < 1.29 is 13.9 Å². The number of methoxy groups -OCH3 is 1. The van der Waals surface area contributed by atoms with Crippen molar-refractivity contribution in [3.05, 3.63) is 47.9 Å². The first kappa shape index (κ1) is 18.8. The average Bonchev–Trinajstić information content (AvgIpc) is 3.25. The Hall–Kier alpha value is -2.94. The first-order chi connectivity index (χ1) is 13.1. The minimum Gasteiger partial charge on any atom is -0.497 e. The first-order valence-corrected chi connectivity index (χ1v) is 9.34. The van der Waals surface area contributed by atoms with E-state index >= 15 is 0 Å². The Labute approximate surface area is 161 Å². The van der Waals surface area contributed by atoms with Gasteiger partial charge in [0.1, 0.15) is 11.5 Å². The summed E-state index contributed by atoms with van der Waals surface area (Å²) in [7, 11) is 1.63. The molecule has 0 atom stereocenters. The third-order valence-electron chi connectivity index (χ3n) is 3.99. The summed E-state index contributed by atoms with van der Waals surface area (Å²) in [6.45, 7) is 2.38. The van der Waals surface area contributed by atoms with E-state index in [2.05, 4.69) is 15.5 Å². The lowest BCUT2D eigenvalue weighted by Gasteiger charge is -2.06. The molecule has 3 N–H and O–H groups in total. The maximum absolute atomic E-state index is 12.0. The van der Waals surface area contributed by atoms with Gasteiger partial charge in [0.15, 0.2) is 5.82 Å². The number of thioether (sulfide) groups is 1. The number of aromatic nitrogens is 3. The number of hydrogen-bond donors (Lipinski definition) is 2. The van der Waals surface area contributed by atoms with Crippen LogP contribution in [0.2, 0.25) is 0 Å². The lowest BCUT2D eigenvalue weighted by Crippen LogP contribution is -2.27. The van der Waals surface area contributed by atoms with Gasteiger partial charge < -0.3 is 20.3 Å². The van der Waals surface area contributed by atoms with Crippen molar-refractivity contribution in [1.82, 2.24) is 20.2 Å². The minimum absolute atomic E-state index is 0.0856. The topological polar surface area (TPSA) is 108 Å². The number of hydrogen-bond acceptors (Lipinski definition) is 7. The van der Waals surface area contributed by atoms with Crippen LogP contribution in [0.3, 0.4) is 0 Å². The molecule has 9 heteroatoms. The van der Waals surface area contributed by atoms with E-state index in [0.29, 0.717) is 23.3 Å². The molecule has 3 aromatic rings. The van der Waals surface area contributed by atoms with Crippen LogP contribution >= 0.6 is 11.8 Å². The molecule has 3 rings (SSSR count). The van der Waals surface area contributed by atoms with Gasteiger partial charge in [-0.15, -0.1) is 10.2 Å². The second-order valence-electron chi connectivity index (χ2n) is 5.80. The predicted octanol–water partition coefficient (Wildman–Crippen LogP) is 2.02. The third-order valence-corrected chi connectivity index (χ3v) is 4.93. The number of aryl methyl sites for hydroxylation is 1. The van der Waals surface area contributed by atoms with Crippen LogP contribution in [0.4, 0.5) is 0 Å². The number of carbonyl (C=O) groups is 1. The molecule has 0 radical (unpaired) electrons. The van der Waals surface area contributed by atoms with Gasteiger partial charge in [0.25, 0.3) is 0 Å². The van der Waals surface area contributed by atoms with E-state index in [1.54, 1.807) is 19.4 Å². The number of benzene rings is 1. The second kappa shape index (κ2) is 8.63. The summed E-state index contributed by atoms with van der Waals surface area (Å²) in [4.78, 5) is 12.0. The molecule has 8 nitrogen and oxygen atoms in total. The fourth-order valence-electron chi connectivity index (χ4n) is 2.50. The lowest BCUT2D eigenvalue weighted by molar-refractivity contribution is -0.118. The number of nitrogens with zero attached hydrogens (tertiary/aromatic N) is 3. The highest BCUT2D eigenvalue weighted by molar-refractivity contribution is 7.99. The molecule has 0 aliphatic carbocycles. The highest BCUT2D eigenvalue weighted by atomic mass is 32.2. The molecular formula is C18H21N5O3S. The molecule has 0 saturated carbocycles. The molecule has 1 amide bonds. The molecule has 0 bridgehead atoms. The van der Waals surface area contributed by atoms with Gasteiger partial charge >= 0.3 is 0 Å². The Morgan fingerprint density at radius 2 is 2.07 bits per heavy atom. The van der Waals surface area contributed by atoms with E-state index in [1.807, 2.05) is 31.2 Å². The molecule has 1 aromatic carbocycles. The highest BCUT2D eigenvalue weighted by Gasteiger charge is 2.16. The highest BCUT2D eigenvalue weighted by Crippen LogP contribution is 2.24. The molecule has 2 heterocycles. The quantitative estimate of drug-likeness (QED) is 0.450. The van der Waals surface area contributed by atoms with Crippen LogP contribution < -0.4 is 15.9 Å². The summed E-state index contributed by atoms with van der Waals surface area (Å²) in [5.41, 5.74) is 1.91. The van der Waals surface area contributed by atoms with Crippen LogP contribution in [0.15, 0.2) is 46.2 Å². The number of amides is 1. The van der Waals surface area contributed by atoms with Crippen LogP contribution in [0.5, 0.6) is 5.75 Å². The Kier molecular flexibility index (Phi) is 6.02. The number of furan rings is 1. The summed E-state index contributed by atoms with van der Waals surface area (Å²) in [5, 5.41) is 11.5. The molecule has 0 aliphatic rings. The SMILES string of the molecule is COc1ccc(CCNC(=O)CSc2nnc(-c3ccoc3C)n2N)cc1. The van der Waals surface area contributed by atoms with E-state index in [1.165, 1.54) is 16.4 Å². The molecule has 0 fully saturated rings. The van der Waals surface area contributed by atoms with Gasteiger partial charge in [0, 0.05) is 6.54 Å². The van der Waals surface area contributed by atoms with Gasteiger partial charge in [-0.25, -0.2) is 4.68 Å². The zero-order chi connectivity index (χ0) is 19.2. The lowest BCUT2D eigenvalue weighted by atomic mass is 10.1. The fraction of sp³-hybridized carbons (Fsp3) is 0.278. The molecule has 0 aliphatic heterocycles. The number of carbonyl (C=O) groups excluding carboxylic acids is 1. The van der Waals surface area contributed by atoms with E-state index < -0.39 is 0 Å². The van der Waals surface area contributed by atoms with E-state index in [0.717, 1.165) is 23.3 Å². The van der Waals surface area contributed by atoms with Crippen molar-refractivity contribution in [2.45, 2.75) is 18.5 Å². The molecule has 2 aromatic heterocycles. The van der Waals surface area contributed by atoms with E-state index in [4.69, 9.17) is 15.0 Å². The van der Waals surface area contributed by atoms with Gasteiger partial charge in [-0.3, -0.25) is 4.79 Å². The Morgan fingerprint density at radius 3 is 2.74 bits per heavy atom. The summed E-state index contributed by atoms with van der Waals surface area (Å²) in [5.74, 6) is 8.19. The number of nitrogens with two attached hydrogens (primary N) is 1. The number of rotatable bonds is 8. The van der Waals surface area contributed by atoms with Gasteiger partial charge in [0.2, 0.25) is 11.1 Å². The van der Waals surface area contributed by atoms with Crippen LogP contribution in [-0.2, 0) is 11.2 Å². The number of nitrogen functional groups attached to an aromatic ring is 1. The molecule has 142 valence electrons. The van der Waals surface area contributed by atoms with Gasteiger partial charge in [-0.05, 0) is 37.1 Å². The first-order valence-electron chi connectivity index (χ1n) is 8.36. The summed E-state index contributed by atoms with van der Waals surface area (Å²) < 4.78 is 11.8. The van der Waals surface area contributed by atoms with Crippen LogP contribution in [0.25, 0.3) is 11.4 Å². The van der Waals surface area contributed by atoms with Crippen LogP contribution in [0, 0.1) is 6.92 Å². The Bertz CT molecular complexity index is 904. The van der Waals surface area contributed by atoms with Gasteiger partial charge in [0.05, 0.1) is 24.7 Å². The van der Waals surface area contributed by atoms with Crippen molar-refractivity contribution >= 4 is 17.7 Å². The summed E-state index contributed by atoms with van der Waals surface area (Å²) in [6, 6.07) is 9.55. The Balaban J connectivity index is 1.46. The second-order valence-corrected chi connectivity index (χ2v) is 6.75. The van der Waals surface area contributed by atoms with Crippen LogP contribution in [-0.4, -0.2) is 40.2 Å². The van der Waals surface area contributed by atoms with Crippen molar-refractivity contribution in [3.8, 4) is 17.1 Å². The smallest absolute Gasteiger partial charge is 0.230 e. The molecule has 0 spiro atoms. The van der Waals surface area contributed by atoms with E-state index in [9.17, 15) is 4.79 Å². The molecule has 0 unspecified atom stereocenters. The zero-order valence-electron chi connectivity index (χ0n) is 15.1. The maximum atomic E-state index is 12.0. The van der Waals surface area contributed by atoms with Crippen molar-refractivity contribution in [2.24, 2.45) is 0 Å². The third kappa shape index (κ3) is 4.62. The largest absolute Gasteiger partial charge is 0.497 e. The van der Waals surface area contributed by atoms with Gasteiger partial charge in [-0.1, -0.05) is 23.9 Å². The maximum Gasteiger partial charge on any atom is 0.230 e. The Morgan fingerprint density at radius 1 is 1.30 bits per heavy atom. The zero-order valence-corrected chi connectivity index (χ0v) is 16.0. The fourth-order valence-corrected chi connectivity index (χ4v) is 3.18. The van der Waals surface area contributed by atoms with Gasteiger partial charge in [-0.2, -0.15) is 0 Å². The average molecular weight is 387 g/mol. The van der Waals surface area contributed by atoms with E-state index in [-0.39, 0.29) is 11.7 Å². The molecular weight excluding hydrogens is 366 g/mol.